The first-order valence-electron chi connectivity index (χ1n) is 12.2. The summed E-state index contributed by atoms with van der Waals surface area (Å²) in [5.41, 5.74) is 2.74. The van der Waals surface area contributed by atoms with Gasteiger partial charge in [-0.2, -0.15) is 4.31 Å². The molecule has 1 amide bonds. The number of methoxy groups -OCH3 is 1. The Balaban J connectivity index is 1.49. The Morgan fingerprint density at radius 1 is 0.973 bits per heavy atom. The second-order valence-corrected chi connectivity index (χ2v) is 11.4. The number of sulfonamides is 1. The summed E-state index contributed by atoms with van der Waals surface area (Å²) < 4.78 is 34.0. The quantitative estimate of drug-likeness (QED) is 0.405. The van der Waals surface area contributed by atoms with Crippen molar-refractivity contribution in [2.24, 2.45) is 0 Å². The molecule has 196 valence electrons. The van der Waals surface area contributed by atoms with Gasteiger partial charge in [-0.1, -0.05) is 48.0 Å². The number of amides is 1. The van der Waals surface area contributed by atoms with E-state index in [0.29, 0.717) is 43.4 Å². The minimum atomic E-state index is -3.91. The van der Waals surface area contributed by atoms with Gasteiger partial charge in [-0.05, 0) is 60.9 Å². The number of aryl methyl sites for hydroxylation is 1. The Morgan fingerprint density at radius 3 is 2.35 bits per heavy atom. The molecule has 0 aliphatic carbocycles. The van der Waals surface area contributed by atoms with Crippen LogP contribution < -0.4 is 9.64 Å². The summed E-state index contributed by atoms with van der Waals surface area (Å²) in [7, 11) is -2.36. The second-order valence-electron chi connectivity index (χ2n) is 9.05. The van der Waals surface area contributed by atoms with Crippen LogP contribution in [0.3, 0.4) is 0 Å². The Morgan fingerprint density at radius 2 is 1.70 bits per heavy atom. The molecule has 9 heteroatoms. The van der Waals surface area contributed by atoms with Crippen molar-refractivity contribution in [3.8, 4) is 5.75 Å². The smallest absolute Gasteiger partial charge is 0.243 e. The van der Waals surface area contributed by atoms with Crippen molar-refractivity contribution in [1.82, 2.24) is 9.21 Å². The molecule has 1 heterocycles. The van der Waals surface area contributed by atoms with E-state index in [1.165, 1.54) is 10.4 Å². The van der Waals surface area contributed by atoms with Gasteiger partial charge >= 0.3 is 0 Å². The van der Waals surface area contributed by atoms with E-state index in [1.807, 2.05) is 54.6 Å². The second kappa shape index (κ2) is 12.0. The fraction of sp³-hybridized carbons (Fsp3) is 0.321. The zero-order valence-corrected chi connectivity index (χ0v) is 22.7. The van der Waals surface area contributed by atoms with E-state index in [2.05, 4.69) is 4.90 Å². The summed E-state index contributed by atoms with van der Waals surface area (Å²) in [6.45, 7) is 4.12. The summed E-state index contributed by atoms with van der Waals surface area (Å²) in [6, 6.07) is 22.1. The molecule has 3 aromatic carbocycles. The minimum absolute atomic E-state index is 0.150. The van der Waals surface area contributed by atoms with Crippen LogP contribution >= 0.6 is 11.6 Å². The number of carbonyl (C=O) groups is 1. The van der Waals surface area contributed by atoms with Gasteiger partial charge in [0.25, 0.3) is 0 Å². The molecule has 3 aromatic rings. The van der Waals surface area contributed by atoms with Gasteiger partial charge < -0.3 is 14.5 Å². The number of piperazine rings is 1. The number of carbonyl (C=O) groups excluding carboxylic acids is 1. The third-order valence-corrected chi connectivity index (χ3v) is 8.69. The molecule has 1 fully saturated rings. The molecule has 0 aromatic heterocycles. The summed E-state index contributed by atoms with van der Waals surface area (Å²) in [5.74, 6) is 0.413. The first-order valence-corrected chi connectivity index (χ1v) is 14.1. The zero-order chi connectivity index (χ0) is 26.4. The normalized spacial score (nSPS) is 14.2. The third kappa shape index (κ3) is 6.63. The Kier molecular flexibility index (Phi) is 8.74. The molecule has 0 unspecified atom stereocenters. The number of halogens is 1. The first kappa shape index (κ1) is 27.0. The fourth-order valence-corrected chi connectivity index (χ4v) is 6.14. The Hall–Kier alpha value is -3.07. The molecule has 0 atom stereocenters. The highest BCUT2D eigenvalue weighted by atomic mass is 35.5. The summed E-state index contributed by atoms with van der Waals surface area (Å²) in [6.07, 6.45) is 0.505. The van der Waals surface area contributed by atoms with Gasteiger partial charge in [0.05, 0.1) is 18.6 Å². The SMILES string of the molecule is COc1ccc(S(=O)(=O)N(CCc2ccccc2)CC(=O)N2CCN(c3cccc(Cl)c3)CC2)cc1C. The van der Waals surface area contributed by atoms with Crippen LogP contribution in [0.25, 0.3) is 0 Å². The number of benzene rings is 3. The number of hydrogen-bond acceptors (Lipinski definition) is 5. The molecule has 0 spiro atoms. The Labute approximate surface area is 224 Å². The van der Waals surface area contributed by atoms with Crippen LogP contribution in [0.2, 0.25) is 5.02 Å². The summed E-state index contributed by atoms with van der Waals surface area (Å²) in [4.78, 5) is 17.4. The van der Waals surface area contributed by atoms with E-state index in [0.717, 1.165) is 16.8 Å². The predicted octanol–water partition coefficient (Wildman–Crippen LogP) is 4.24. The number of ether oxygens (including phenoxy) is 1. The lowest BCUT2D eigenvalue weighted by molar-refractivity contribution is -0.131. The van der Waals surface area contributed by atoms with Crippen LogP contribution in [0.15, 0.2) is 77.7 Å². The molecule has 0 N–H and O–H groups in total. The highest BCUT2D eigenvalue weighted by Gasteiger charge is 2.30. The van der Waals surface area contributed by atoms with Crippen molar-refractivity contribution in [2.75, 3.05) is 51.3 Å². The molecule has 1 saturated heterocycles. The Bertz CT molecular complexity index is 1330. The van der Waals surface area contributed by atoms with E-state index in [4.69, 9.17) is 16.3 Å². The van der Waals surface area contributed by atoms with Crippen LogP contribution in [-0.2, 0) is 21.2 Å². The zero-order valence-electron chi connectivity index (χ0n) is 21.1. The van der Waals surface area contributed by atoms with Crippen LogP contribution in [-0.4, -0.2) is 69.9 Å². The highest BCUT2D eigenvalue weighted by Crippen LogP contribution is 2.25. The first-order chi connectivity index (χ1) is 17.8. The lowest BCUT2D eigenvalue weighted by Crippen LogP contribution is -2.52. The molecular weight excluding hydrogens is 510 g/mol. The summed E-state index contributed by atoms with van der Waals surface area (Å²) in [5, 5.41) is 0.670. The van der Waals surface area contributed by atoms with Crippen LogP contribution in [0.1, 0.15) is 11.1 Å². The van der Waals surface area contributed by atoms with E-state index in [-0.39, 0.29) is 23.9 Å². The van der Waals surface area contributed by atoms with Crippen molar-refractivity contribution in [1.29, 1.82) is 0 Å². The van der Waals surface area contributed by atoms with Gasteiger partial charge in [0.15, 0.2) is 0 Å². The van der Waals surface area contributed by atoms with Crippen molar-refractivity contribution >= 4 is 33.2 Å². The topological polar surface area (TPSA) is 70.2 Å². The lowest BCUT2D eigenvalue weighted by atomic mass is 10.1. The van der Waals surface area contributed by atoms with Gasteiger partial charge in [0, 0.05) is 43.4 Å². The van der Waals surface area contributed by atoms with Crippen LogP contribution in [0, 0.1) is 6.92 Å². The molecule has 4 rings (SSSR count). The van der Waals surface area contributed by atoms with E-state index < -0.39 is 10.0 Å². The molecule has 1 aliphatic heterocycles. The van der Waals surface area contributed by atoms with E-state index >= 15 is 0 Å². The minimum Gasteiger partial charge on any atom is -0.496 e. The van der Waals surface area contributed by atoms with Crippen molar-refractivity contribution in [2.45, 2.75) is 18.2 Å². The highest BCUT2D eigenvalue weighted by molar-refractivity contribution is 7.89. The largest absolute Gasteiger partial charge is 0.496 e. The molecular formula is C28H32ClN3O4S. The molecule has 0 radical (unpaired) electrons. The summed E-state index contributed by atoms with van der Waals surface area (Å²) >= 11 is 6.13. The lowest BCUT2D eigenvalue weighted by Gasteiger charge is -2.37. The standard InChI is InChI=1S/C28H32ClN3O4S/c1-22-19-26(11-12-27(22)36-2)37(34,35)32(14-13-23-7-4-3-5-8-23)21-28(33)31-17-15-30(16-18-31)25-10-6-9-24(29)20-25/h3-12,19-20H,13-18,21H2,1-2H3. The molecule has 1 aliphatic rings. The van der Waals surface area contributed by atoms with Crippen molar-refractivity contribution in [3.63, 3.8) is 0 Å². The van der Waals surface area contributed by atoms with Crippen LogP contribution in [0.5, 0.6) is 5.75 Å². The van der Waals surface area contributed by atoms with Crippen LogP contribution in [0.4, 0.5) is 5.69 Å². The van der Waals surface area contributed by atoms with E-state index in [9.17, 15) is 13.2 Å². The van der Waals surface area contributed by atoms with Gasteiger partial charge in [-0.3, -0.25) is 4.79 Å². The maximum Gasteiger partial charge on any atom is 0.243 e. The monoisotopic (exact) mass is 541 g/mol. The van der Waals surface area contributed by atoms with Gasteiger partial charge in [0.1, 0.15) is 5.75 Å². The maximum atomic E-state index is 13.7. The van der Waals surface area contributed by atoms with Crippen molar-refractivity contribution < 1.29 is 17.9 Å². The average molecular weight is 542 g/mol. The molecule has 7 nitrogen and oxygen atoms in total. The molecule has 37 heavy (non-hydrogen) atoms. The fourth-order valence-electron chi connectivity index (χ4n) is 4.48. The number of nitrogens with zero attached hydrogens (tertiary/aromatic N) is 3. The number of hydrogen-bond donors (Lipinski definition) is 0. The maximum absolute atomic E-state index is 13.7. The van der Waals surface area contributed by atoms with E-state index in [1.54, 1.807) is 31.1 Å². The number of anilines is 1. The van der Waals surface area contributed by atoms with Crippen molar-refractivity contribution in [3.05, 3.63) is 88.9 Å². The average Bonchev–Trinajstić information content (AvgIpc) is 2.91. The van der Waals surface area contributed by atoms with Gasteiger partial charge in [-0.25, -0.2) is 8.42 Å². The van der Waals surface area contributed by atoms with Gasteiger partial charge in [-0.15, -0.1) is 0 Å². The van der Waals surface area contributed by atoms with Gasteiger partial charge in [0.2, 0.25) is 15.9 Å². The third-order valence-electron chi connectivity index (χ3n) is 6.61. The molecule has 0 bridgehead atoms. The molecule has 0 saturated carbocycles. The predicted molar refractivity (Wildman–Crippen MR) is 147 cm³/mol. The number of rotatable bonds is 9.